The van der Waals surface area contributed by atoms with Crippen LogP contribution in [0.5, 0.6) is 0 Å². The van der Waals surface area contributed by atoms with Crippen molar-refractivity contribution in [1.82, 2.24) is 4.98 Å². The lowest BCUT2D eigenvalue weighted by atomic mass is 10.2. The Morgan fingerprint density at radius 2 is 1.93 bits per heavy atom. The zero-order chi connectivity index (χ0) is 19.2. The van der Waals surface area contributed by atoms with Crippen molar-refractivity contribution in [3.05, 3.63) is 64.5 Å². The molecule has 136 valence electrons. The van der Waals surface area contributed by atoms with E-state index in [1.165, 1.54) is 18.2 Å². The van der Waals surface area contributed by atoms with Crippen LogP contribution in [-0.2, 0) is 9.84 Å². The minimum absolute atomic E-state index is 0.134. The van der Waals surface area contributed by atoms with Crippen LogP contribution in [0, 0.1) is 0 Å². The summed E-state index contributed by atoms with van der Waals surface area (Å²) >= 11 is 1.12. The zero-order valence-corrected chi connectivity index (χ0v) is 15.6. The first-order valence-corrected chi connectivity index (χ1v) is 10.5. The molecule has 2 heterocycles. The number of para-hydroxylation sites is 1. The summed E-state index contributed by atoms with van der Waals surface area (Å²) in [5.74, 6) is -0.642. The van der Waals surface area contributed by atoms with Crippen LogP contribution in [0.4, 0.5) is 5.13 Å². The molecule has 0 aliphatic heterocycles. The number of fused-ring (bicyclic) bond motifs is 2. The normalized spacial score (nSPS) is 11.7. The van der Waals surface area contributed by atoms with E-state index in [0.29, 0.717) is 21.2 Å². The molecule has 0 atom stereocenters. The second-order valence-electron chi connectivity index (χ2n) is 5.86. The van der Waals surface area contributed by atoms with Crippen LogP contribution in [0.15, 0.2) is 62.6 Å². The van der Waals surface area contributed by atoms with Gasteiger partial charge in [0.2, 0.25) is 0 Å². The molecular formula is C18H12N2O5S2. The molecule has 2 aromatic heterocycles. The van der Waals surface area contributed by atoms with Crippen LogP contribution >= 0.6 is 11.3 Å². The molecule has 0 radical (unpaired) electrons. The van der Waals surface area contributed by atoms with Crippen LogP contribution in [-0.4, -0.2) is 25.6 Å². The fourth-order valence-electron chi connectivity index (χ4n) is 2.57. The number of sulfone groups is 1. The fraction of sp³-hybridized carbons (Fsp3) is 0.0556. The first kappa shape index (κ1) is 17.4. The number of hydrogen-bond donors (Lipinski definition) is 1. The summed E-state index contributed by atoms with van der Waals surface area (Å²) in [4.78, 5) is 29.0. The summed E-state index contributed by atoms with van der Waals surface area (Å²) < 4.78 is 29.1. The fourth-order valence-corrected chi connectivity index (χ4v) is 4.20. The van der Waals surface area contributed by atoms with Crippen molar-refractivity contribution in [2.24, 2.45) is 0 Å². The van der Waals surface area contributed by atoms with Gasteiger partial charge in [0.15, 0.2) is 15.0 Å². The average Bonchev–Trinajstić information content (AvgIpc) is 3.01. The molecule has 0 aliphatic carbocycles. The summed E-state index contributed by atoms with van der Waals surface area (Å²) in [6.45, 7) is 0. The summed E-state index contributed by atoms with van der Waals surface area (Å²) in [5.41, 5.74) is 0.0667. The Labute approximate surface area is 157 Å². The van der Waals surface area contributed by atoms with E-state index >= 15 is 0 Å². The molecule has 0 bridgehead atoms. The van der Waals surface area contributed by atoms with Crippen molar-refractivity contribution in [2.45, 2.75) is 4.90 Å². The summed E-state index contributed by atoms with van der Waals surface area (Å²) in [6.07, 6.45) is 1.12. The Morgan fingerprint density at radius 3 is 2.70 bits per heavy atom. The van der Waals surface area contributed by atoms with Crippen LogP contribution in [0.2, 0.25) is 0 Å². The van der Waals surface area contributed by atoms with Gasteiger partial charge in [-0.05, 0) is 30.3 Å². The van der Waals surface area contributed by atoms with E-state index in [1.54, 1.807) is 30.3 Å². The SMILES string of the molecule is CS(=O)(=O)c1ccc2nc(NC(=O)c3cc4ccccc4oc3=O)sc2c1. The van der Waals surface area contributed by atoms with Crippen molar-refractivity contribution < 1.29 is 17.6 Å². The van der Waals surface area contributed by atoms with Crippen LogP contribution < -0.4 is 10.9 Å². The van der Waals surface area contributed by atoms with Gasteiger partial charge in [-0.15, -0.1) is 0 Å². The highest BCUT2D eigenvalue weighted by molar-refractivity contribution is 7.90. The highest BCUT2D eigenvalue weighted by Crippen LogP contribution is 2.28. The highest BCUT2D eigenvalue weighted by Gasteiger charge is 2.16. The number of aromatic nitrogens is 1. The molecule has 0 saturated carbocycles. The zero-order valence-electron chi connectivity index (χ0n) is 13.9. The second-order valence-corrected chi connectivity index (χ2v) is 8.91. The van der Waals surface area contributed by atoms with E-state index in [9.17, 15) is 18.0 Å². The summed E-state index contributed by atoms with van der Waals surface area (Å²) in [6, 6.07) is 12.9. The largest absolute Gasteiger partial charge is 0.422 e. The molecule has 4 rings (SSSR count). The van der Waals surface area contributed by atoms with Gasteiger partial charge in [-0.3, -0.25) is 10.1 Å². The quantitative estimate of drug-likeness (QED) is 0.530. The molecule has 7 nitrogen and oxygen atoms in total. The lowest BCUT2D eigenvalue weighted by molar-refractivity contribution is 0.102. The molecule has 9 heteroatoms. The van der Waals surface area contributed by atoms with Crippen LogP contribution in [0.3, 0.4) is 0 Å². The summed E-state index contributed by atoms with van der Waals surface area (Å²) in [5, 5.41) is 3.46. The minimum atomic E-state index is -3.34. The molecule has 4 aromatic rings. The van der Waals surface area contributed by atoms with Gasteiger partial charge in [-0.25, -0.2) is 18.2 Å². The van der Waals surface area contributed by atoms with E-state index in [-0.39, 0.29) is 15.6 Å². The molecular weight excluding hydrogens is 388 g/mol. The van der Waals surface area contributed by atoms with E-state index in [4.69, 9.17) is 4.42 Å². The topological polar surface area (TPSA) is 106 Å². The minimum Gasteiger partial charge on any atom is -0.422 e. The Kier molecular flexibility index (Phi) is 4.05. The van der Waals surface area contributed by atoms with Crippen molar-refractivity contribution in [1.29, 1.82) is 0 Å². The van der Waals surface area contributed by atoms with E-state index in [0.717, 1.165) is 17.6 Å². The second kappa shape index (κ2) is 6.29. The maximum absolute atomic E-state index is 12.5. The van der Waals surface area contributed by atoms with Gasteiger partial charge in [-0.2, -0.15) is 0 Å². The third-order valence-electron chi connectivity index (χ3n) is 3.89. The van der Waals surface area contributed by atoms with Crippen molar-refractivity contribution in [2.75, 3.05) is 11.6 Å². The summed E-state index contributed by atoms with van der Waals surface area (Å²) in [7, 11) is -3.34. The molecule has 0 unspecified atom stereocenters. The first-order valence-electron chi connectivity index (χ1n) is 7.76. The number of carbonyl (C=O) groups excluding carboxylic acids is 1. The molecule has 0 fully saturated rings. The van der Waals surface area contributed by atoms with Crippen molar-refractivity contribution >= 4 is 53.4 Å². The number of nitrogens with one attached hydrogen (secondary N) is 1. The number of benzene rings is 2. The van der Waals surface area contributed by atoms with Gasteiger partial charge in [0.1, 0.15) is 11.1 Å². The number of hydrogen-bond acceptors (Lipinski definition) is 7. The number of nitrogens with zero attached hydrogens (tertiary/aromatic N) is 1. The number of rotatable bonds is 3. The molecule has 0 aliphatic rings. The van der Waals surface area contributed by atoms with Gasteiger partial charge in [0.25, 0.3) is 5.91 Å². The number of thiazole rings is 1. The molecule has 1 N–H and O–H groups in total. The standard InChI is InChI=1S/C18H12N2O5S2/c1-27(23,24)11-6-7-13-15(9-11)26-18(19-13)20-16(21)12-8-10-4-2-3-5-14(10)25-17(12)22/h2-9H,1H3,(H,19,20,21). The van der Waals surface area contributed by atoms with Crippen LogP contribution in [0.25, 0.3) is 21.2 Å². The van der Waals surface area contributed by atoms with Crippen LogP contribution in [0.1, 0.15) is 10.4 Å². The lowest BCUT2D eigenvalue weighted by Gasteiger charge is -2.02. The third-order valence-corrected chi connectivity index (χ3v) is 5.94. The van der Waals surface area contributed by atoms with E-state index in [2.05, 4.69) is 10.3 Å². The molecule has 27 heavy (non-hydrogen) atoms. The smallest absolute Gasteiger partial charge is 0.349 e. The number of anilines is 1. The lowest BCUT2D eigenvalue weighted by Crippen LogP contribution is -2.20. The maximum atomic E-state index is 12.5. The Hall–Kier alpha value is -3.04. The average molecular weight is 400 g/mol. The van der Waals surface area contributed by atoms with Gasteiger partial charge >= 0.3 is 5.63 Å². The van der Waals surface area contributed by atoms with E-state index in [1.807, 2.05) is 0 Å². The van der Waals surface area contributed by atoms with Crippen molar-refractivity contribution in [3.8, 4) is 0 Å². The maximum Gasteiger partial charge on any atom is 0.349 e. The monoisotopic (exact) mass is 400 g/mol. The predicted molar refractivity (Wildman–Crippen MR) is 103 cm³/mol. The Balaban J connectivity index is 1.68. The molecule has 2 aromatic carbocycles. The van der Waals surface area contributed by atoms with Gasteiger partial charge < -0.3 is 4.42 Å². The molecule has 1 amide bonds. The molecule has 0 saturated heterocycles. The number of carbonyl (C=O) groups is 1. The predicted octanol–water partition coefficient (Wildman–Crippen LogP) is 3.06. The third kappa shape index (κ3) is 3.34. The van der Waals surface area contributed by atoms with E-state index < -0.39 is 21.4 Å². The Morgan fingerprint density at radius 1 is 1.15 bits per heavy atom. The van der Waals surface area contributed by atoms with Gasteiger partial charge in [0, 0.05) is 11.6 Å². The highest BCUT2D eigenvalue weighted by atomic mass is 32.2. The van der Waals surface area contributed by atoms with Crippen molar-refractivity contribution in [3.63, 3.8) is 0 Å². The van der Waals surface area contributed by atoms with Gasteiger partial charge in [-0.1, -0.05) is 29.5 Å². The number of amides is 1. The van der Waals surface area contributed by atoms with Gasteiger partial charge in [0.05, 0.1) is 15.1 Å². The Bertz CT molecular complexity index is 1370. The molecule has 0 spiro atoms. The first-order chi connectivity index (χ1) is 12.8.